The first-order valence-corrected chi connectivity index (χ1v) is 14.9. The monoisotopic (exact) mass is 492 g/mol. The van der Waals surface area contributed by atoms with Gasteiger partial charge < -0.3 is 0 Å². The fraction of sp³-hybridized carbons (Fsp3) is 0.0526. The fourth-order valence-corrected chi connectivity index (χ4v) is 22.5. The van der Waals surface area contributed by atoms with Crippen molar-refractivity contribution in [3.8, 4) is 0 Å². The Bertz CT molecular complexity index is 584. The van der Waals surface area contributed by atoms with E-state index in [0.29, 0.717) is 0 Å². The Balaban J connectivity index is 2.29. The van der Waals surface area contributed by atoms with Crippen molar-refractivity contribution in [3.63, 3.8) is 0 Å². The van der Waals surface area contributed by atoms with Gasteiger partial charge in [0.25, 0.3) is 0 Å². The van der Waals surface area contributed by atoms with Crippen LogP contribution in [-0.2, 0) is 0 Å². The molecule has 0 N–H and O–H groups in total. The Morgan fingerprint density at radius 1 is 0.524 bits per heavy atom. The van der Waals surface area contributed by atoms with E-state index in [9.17, 15) is 0 Å². The Morgan fingerprint density at radius 3 is 1.05 bits per heavy atom. The molecule has 0 atom stereocenters. The van der Waals surface area contributed by atoms with Gasteiger partial charge in [-0.05, 0) is 0 Å². The van der Waals surface area contributed by atoms with Crippen molar-refractivity contribution in [2.45, 2.75) is 0 Å². The molecule has 0 saturated heterocycles. The zero-order valence-corrected chi connectivity index (χ0v) is 16.8. The van der Waals surface area contributed by atoms with Crippen LogP contribution in [0.3, 0.4) is 0 Å². The third-order valence-electron chi connectivity index (χ3n) is 4.00. The van der Waals surface area contributed by atoms with Crippen molar-refractivity contribution in [1.82, 2.24) is 0 Å². The average Bonchev–Trinajstić information content (AvgIpc) is 2.59. The van der Waals surface area contributed by atoms with Gasteiger partial charge in [0.15, 0.2) is 0 Å². The summed E-state index contributed by atoms with van der Waals surface area (Å²) in [6, 6.07) is 33.4. The molecule has 0 bridgehead atoms. The molecular weight excluding hydrogens is 474 g/mol. The number of rotatable bonds is 4. The van der Waals surface area contributed by atoms with Crippen LogP contribution in [0.2, 0.25) is 0 Å². The minimum atomic E-state index is -2.84. The molecule has 0 aliphatic heterocycles. The van der Waals surface area contributed by atoms with Gasteiger partial charge in [-0.1, -0.05) is 0 Å². The summed E-state index contributed by atoms with van der Waals surface area (Å²) in [7, 11) is 0. The summed E-state index contributed by atoms with van der Waals surface area (Å²) in [5.41, 5.74) is 0. The molecule has 2 heteroatoms. The molecule has 0 amide bonds. The van der Waals surface area contributed by atoms with Crippen molar-refractivity contribution in [2.24, 2.45) is 0 Å². The minimum absolute atomic E-state index is 1.21. The number of hydrogen-bond acceptors (Lipinski definition) is 0. The van der Waals surface area contributed by atoms with E-state index < -0.39 is 18.4 Å². The van der Waals surface area contributed by atoms with Gasteiger partial charge in [-0.25, -0.2) is 0 Å². The second-order valence-electron chi connectivity index (χ2n) is 5.14. The number of benzene rings is 3. The SMILES string of the molecule is I[CH2][Sn]([c]1ccccc1)([c]1ccccc1)[c]1ccccc1. The van der Waals surface area contributed by atoms with Crippen molar-refractivity contribution in [2.75, 3.05) is 2.44 Å². The average molecular weight is 491 g/mol. The summed E-state index contributed by atoms with van der Waals surface area (Å²) in [4.78, 5) is 0. The summed E-state index contributed by atoms with van der Waals surface area (Å²) in [6.07, 6.45) is 0. The summed E-state index contributed by atoms with van der Waals surface area (Å²) in [5, 5.41) is 0. The molecule has 0 aliphatic rings. The van der Waals surface area contributed by atoms with Crippen LogP contribution >= 0.6 is 22.6 Å². The van der Waals surface area contributed by atoms with Crippen LogP contribution in [0.5, 0.6) is 0 Å². The molecule has 3 aromatic rings. The first-order chi connectivity index (χ1) is 10.4. The topological polar surface area (TPSA) is 0 Å². The van der Waals surface area contributed by atoms with Crippen LogP contribution in [0, 0.1) is 0 Å². The number of hydrogen-bond donors (Lipinski definition) is 0. The zero-order valence-electron chi connectivity index (χ0n) is 11.7. The Labute approximate surface area is 144 Å². The molecule has 21 heavy (non-hydrogen) atoms. The van der Waals surface area contributed by atoms with E-state index >= 15 is 0 Å². The molecule has 3 aromatic carbocycles. The second kappa shape index (κ2) is 6.97. The van der Waals surface area contributed by atoms with Crippen LogP contribution in [0.4, 0.5) is 0 Å². The molecule has 0 aliphatic carbocycles. The maximum atomic E-state index is 2.61. The van der Waals surface area contributed by atoms with Crippen LogP contribution in [0.1, 0.15) is 0 Å². The summed E-state index contributed by atoms with van der Waals surface area (Å²) < 4.78 is 5.88. The van der Waals surface area contributed by atoms with Crippen molar-refractivity contribution < 1.29 is 0 Å². The Kier molecular flexibility index (Phi) is 5.01. The molecule has 0 aromatic heterocycles. The molecule has 0 nitrogen and oxygen atoms in total. The molecule has 0 spiro atoms. The predicted octanol–water partition coefficient (Wildman–Crippen LogP) is 3.13. The van der Waals surface area contributed by atoms with Gasteiger partial charge in [-0.15, -0.1) is 0 Å². The molecule has 0 heterocycles. The maximum absolute atomic E-state index is 2.84. The van der Waals surface area contributed by atoms with Crippen molar-refractivity contribution >= 4 is 51.7 Å². The molecule has 0 unspecified atom stereocenters. The number of alkyl halides is 1. The molecular formula is C19H17ISn. The van der Waals surface area contributed by atoms with E-state index in [4.69, 9.17) is 0 Å². The van der Waals surface area contributed by atoms with E-state index in [1.807, 2.05) is 0 Å². The molecule has 3 rings (SSSR count). The third kappa shape index (κ3) is 2.90. The van der Waals surface area contributed by atoms with Crippen LogP contribution in [0.25, 0.3) is 0 Å². The Morgan fingerprint density at radius 2 is 0.810 bits per heavy atom. The van der Waals surface area contributed by atoms with Crippen LogP contribution < -0.4 is 10.7 Å². The quantitative estimate of drug-likeness (QED) is 0.299. The van der Waals surface area contributed by atoms with E-state index in [1.54, 1.807) is 10.7 Å². The normalized spacial score (nSPS) is 11.3. The van der Waals surface area contributed by atoms with Gasteiger partial charge in [-0.2, -0.15) is 0 Å². The van der Waals surface area contributed by atoms with Crippen LogP contribution in [-0.4, -0.2) is 20.8 Å². The van der Waals surface area contributed by atoms with Crippen molar-refractivity contribution in [1.29, 1.82) is 0 Å². The molecule has 0 saturated carbocycles. The van der Waals surface area contributed by atoms with Gasteiger partial charge in [0.1, 0.15) is 0 Å². The van der Waals surface area contributed by atoms with Gasteiger partial charge >= 0.3 is 145 Å². The first-order valence-electron chi connectivity index (χ1n) is 7.10. The van der Waals surface area contributed by atoms with E-state index in [1.165, 1.54) is 2.44 Å². The summed E-state index contributed by atoms with van der Waals surface area (Å²) in [5.74, 6) is 0. The fourth-order valence-electron chi connectivity index (χ4n) is 2.90. The van der Waals surface area contributed by atoms with Gasteiger partial charge in [0.05, 0.1) is 0 Å². The van der Waals surface area contributed by atoms with E-state index in [2.05, 4.69) is 114 Å². The molecule has 0 radical (unpaired) electrons. The first kappa shape index (κ1) is 15.1. The molecule has 104 valence electrons. The van der Waals surface area contributed by atoms with E-state index in [-0.39, 0.29) is 0 Å². The summed E-state index contributed by atoms with van der Waals surface area (Å²) >= 11 is -0.236. The Hall–Kier alpha value is -0.811. The van der Waals surface area contributed by atoms with Gasteiger partial charge in [-0.3, -0.25) is 0 Å². The number of halogens is 1. The molecule has 0 fully saturated rings. The standard InChI is InChI=1S/3C6H5.CH2I.Sn/c3*1-2-4-6-5-3-1;1-2;/h3*1-5H;1H2;. The van der Waals surface area contributed by atoms with Crippen molar-refractivity contribution in [3.05, 3.63) is 91.0 Å². The van der Waals surface area contributed by atoms with Gasteiger partial charge in [0.2, 0.25) is 0 Å². The third-order valence-corrected chi connectivity index (χ3v) is 24.1. The zero-order chi connectivity index (χ0) is 14.5. The predicted molar refractivity (Wildman–Crippen MR) is 103 cm³/mol. The van der Waals surface area contributed by atoms with Gasteiger partial charge in [0, 0.05) is 0 Å². The summed E-state index contributed by atoms with van der Waals surface area (Å²) in [6.45, 7) is 0. The second-order valence-corrected chi connectivity index (χ2v) is 21.1. The van der Waals surface area contributed by atoms with Crippen LogP contribution in [0.15, 0.2) is 91.0 Å². The van der Waals surface area contributed by atoms with E-state index in [0.717, 1.165) is 0 Å².